The van der Waals surface area contributed by atoms with Gasteiger partial charge in [-0.2, -0.15) is 11.3 Å². The van der Waals surface area contributed by atoms with Gasteiger partial charge in [0.2, 0.25) is 0 Å². The van der Waals surface area contributed by atoms with Crippen LogP contribution in [-0.2, 0) is 0 Å². The molecule has 0 unspecified atom stereocenters. The molecular formula is C14H24N2S. The molecule has 1 saturated heterocycles. The summed E-state index contributed by atoms with van der Waals surface area (Å²) in [5.74, 6) is 0.805. The van der Waals surface area contributed by atoms with Crippen LogP contribution in [0.1, 0.15) is 38.3 Å². The average Bonchev–Trinajstić information content (AvgIpc) is 2.84. The van der Waals surface area contributed by atoms with E-state index in [0.717, 1.165) is 19.0 Å². The van der Waals surface area contributed by atoms with Crippen molar-refractivity contribution in [2.45, 2.75) is 32.7 Å². The van der Waals surface area contributed by atoms with Crippen LogP contribution in [0.15, 0.2) is 16.8 Å². The van der Waals surface area contributed by atoms with Crippen molar-refractivity contribution in [3.05, 3.63) is 22.4 Å². The van der Waals surface area contributed by atoms with E-state index < -0.39 is 0 Å². The van der Waals surface area contributed by atoms with E-state index in [-0.39, 0.29) is 0 Å². The Morgan fingerprint density at radius 3 is 2.65 bits per heavy atom. The van der Waals surface area contributed by atoms with Crippen LogP contribution in [0.25, 0.3) is 0 Å². The Balaban J connectivity index is 2.01. The monoisotopic (exact) mass is 252 g/mol. The Bertz CT molecular complexity index is 302. The van der Waals surface area contributed by atoms with Crippen LogP contribution in [0.5, 0.6) is 0 Å². The van der Waals surface area contributed by atoms with Crippen molar-refractivity contribution in [2.24, 2.45) is 5.92 Å². The van der Waals surface area contributed by atoms with Crippen LogP contribution in [0.4, 0.5) is 0 Å². The highest BCUT2D eigenvalue weighted by Crippen LogP contribution is 2.29. The quantitative estimate of drug-likeness (QED) is 0.866. The Hall–Kier alpha value is -0.380. The van der Waals surface area contributed by atoms with Gasteiger partial charge in [0.05, 0.1) is 0 Å². The number of nitrogens with zero attached hydrogens (tertiary/aromatic N) is 1. The number of hydrogen-bond acceptors (Lipinski definition) is 3. The summed E-state index contributed by atoms with van der Waals surface area (Å²) in [6, 6.07) is 2.95. The van der Waals surface area contributed by atoms with Crippen LogP contribution in [0.3, 0.4) is 0 Å². The molecule has 1 aliphatic heterocycles. The zero-order chi connectivity index (χ0) is 12.1. The van der Waals surface area contributed by atoms with Crippen LogP contribution >= 0.6 is 11.3 Å². The molecule has 0 saturated carbocycles. The van der Waals surface area contributed by atoms with E-state index in [2.05, 4.69) is 40.9 Å². The first-order chi connectivity index (χ1) is 8.27. The van der Waals surface area contributed by atoms with Crippen LogP contribution in [0.2, 0.25) is 0 Å². The van der Waals surface area contributed by atoms with E-state index in [1.165, 1.54) is 31.5 Å². The molecule has 0 spiro atoms. The lowest BCUT2D eigenvalue weighted by Gasteiger charge is -2.35. The minimum Gasteiger partial charge on any atom is -0.314 e. The fourth-order valence-corrected chi connectivity index (χ4v) is 3.22. The third-order valence-electron chi connectivity index (χ3n) is 3.54. The van der Waals surface area contributed by atoms with E-state index in [4.69, 9.17) is 0 Å². The largest absolute Gasteiger partial charge is 0.314 e. The number of hydrogen-bond donors (Lipinski definition) is 1. The summed E-state index contributed by atoms with van der Waals surface area (Å²) in [6.07, 6.45) is 2.62. The normalized spacial score (nSPS) is 19.7. The van der Waals surface area contributed by atoms with Crippen molar-refractivity contribution in [1.29, 1.82) is 0 Å². The lowest BCUT2D eigenvalue weighted by molar-refractivity contribution is 0.160. The highest BCUT2D eigenvalue weighted by molar-refractivity contribution is 7.07. The zero-order valence-electron chi connectivity index (χ0n) is 11.0. The van der Waals surface area contributed by atoms with Gasteiger partial charge in [-0.15, -0.1) is 0 Å². The second-order valence-corrected chi connectivity index (χ2v) is 6.11. The van der Waals surface area contributed by atoms with Gasteiger partial charge in [-0.05, 0) is 41.1 Å². The molecule has 1 aliphatic rings. The topological polar surface area (TPSA) is 15.3 Å². The van der Waals surface area contributed by atoms with Gasteiger partial charge in [-0.25, -0.2) is 0 Å². The second-order valence-electron chi connectivity index (χ2n) is 5.33. The molecule has 1 atom stereocenters. The number of rotatable bonds is 5. The Morgan fingerprint density at radius 2 is 2.06 bits per heavy atom. The van der Waals surface area contributed by atoms with Crippen molar-refractivity contribution < 1.29 is 0 Å². The van der Waals surface area contributed by atoms with Crippen LogP contribution < -0.4 is 5.32 Å². The molecule has 0 radical (unpaired) electrons. The van der Waals surface area contributed by atoms with Crippen molar-refractivity contribution >= 4 is 11.3 Å². The Morgan fingerprint density at radius 1 is 1.29 bits per heavy atom. The van der Waals surface area contributed by atoms with Gasteiger partial charge < -0.3 is 5.32 Å². The summed E-state index contributed by atoms with van der Waals surface area (Å²) in [7, 11) is 0. The molecule has 0 bridgehead atoms. The lowest BCUT2D eigenvalue weighted by Crippen LogP contribution is -2.45. The summed E-state index contributed by atoms with van der Waals surface area (Å²) in [4.78, 5) is 2.65. The minimum atomic E-state index is 0.644. The van der Waals surface area contributed by atoms with Gasteiger partial charge in [0, 0.05) is 32.2 Å². The van der Waals surface area contributed by atoms with E-state index in [9.17, 15) is 0 Å². The molecule has 2 rings (SSSR count). The van der Waals surface area contributed by atoms with Crippen molar-refractivity contribution in [1.82, 2.24) is 10.2 Å². The zero-order valence-corrected chi connectivity index (χ0v) is 11.8. The van der Waals surface area contributed by atoms with Gasteiger partial charge in [0.25, 0.3) is 0 Å². The third kappa shape index (κ3) is 3.80. The highest BCUT2D eigenvalue weighted by Gasteiger charge is 2.22. The summed E-state index contributed by atoms with van der Waals surface area (Å²) < 4.78 is 0. The van der Waals surface area contributed by atoms with Gasteiger partial charge in [-0.3, -0.25) is 4.90 Å². The predicted octanol–water partition coefficient (Wildman–Crippen LogP) is 3.13. The maximum Gasteiger partial charge on any atom is 0.0357 e. The van der Waals surface area contributed by atoms with Crippen LogP contribution in [0, 0.1) is 5.92 Å². The van der Waals surface area contributed by atoms with Gasteiger partial charge in [0.1, 0.15) is 0 Å². The van der Waals surface area contributed by atoms with Crippen LogP contribution in [-0.4, -0.2) is 31.1 Å². The Labute approximate surface area is 109 Å². The summed E-state index contributed by atoms with van der Waals surface area (Å²) in [5.41, 5.74) is 1.53. The van der Waals surface area contributed by atoms with E-state index in [0.29, 0.717) is 6.04 Å². The predicted molar refractivity (Wildman–Crippen MR) is 75.6 cm³/mol. The molecule has 0 aliphatic carbocycles. The standard InChI is InChI=1S/C14H24N2S/c1-12(2)3-4-14(13-5-10-17-11-13)16-8-6-15-7-9-16/h5,10-12,14-15H,3-4,6-9H2,1-2H3/t14-/m1/s1. The fourth-order valence-electron chi connectivity index (χ4n) is 2.51. The molecule has 1 N–H and O–H groups in total. The molecule has 1 fully saturated rings. The molecule has 17 heavy (non-hydrogen) atoms. The first-order valence-corrected chi connectivity index (χ1v) is 7.68. The Kier molecular flexibility index (Phi) is 5.01. The molecule has 2 heterocycles. The average molecular weight is 252 g/mol. The van der Waals surface area contributed by atoms with Gasteiger partial charge in [0.15, 0.2) is 0 Å². The van der Waals surface area contributed by atoms with Crippen molar-refractivity contribution in [3.8, 4) is 0 Å². The van der Waals surface area contributed by atoms with Crippen molar-refractivity contribution in [3.63, 3.8) is 0 Å². The molecule has 2 nitrogen and oxygen atoms in total. The smallest absolute Gasteiger partial charge is 0.0357 e. The molecular weight excluding hydrogens is 228 g/mol. The SMILES string of the molecule is CC(C)CC[C@H](c1ccsc1)N1CCNCC1. The second kappa shape index (κ2) is 6.53. The molecule has 96 valence electrons. The molecule has 0 amide bonds. The molecule has 1 aromatic rings. The minimum absolute atomic E-state index is 0.644. The number of thiophene rings is 1. The fraction of sp³-hybridized carbons (Fsp3) is 0.714. The first-order valence-electron chi connectivity index (χ1n) is 6.74. The molecule has 1 aromatic heterocycles. The van der Waals surface area contributed by atoms with E-state index in [1.54, 1.807) is 0 Å². The number of nitrogens with one attached hydrogen (secondary N) is 1. The van der Waals surface area contributed by atoms with Gasteiger partial charge in [-0.1, -0.05) is 13.8 Å². The molecule has 0 aromatic carbocycles. The third-order valence-corrected chi connectivity index (χ3v) is 4.24. The van der Waals surface area contributed by atoms with Gasteiger partial charge >= 0.3 is 0 Å². The molecule has 3 heteroatoms. The van der Waals surface area contributed by atoms with E-state index >= 15 is 0 Å². The summed E-state index contributed by atoms with van der Waals surface area (Å²) >= 11 is 1.82. The number of piperazine rings is 1. The summed E-state index contributed by atoms with van der Waals surface area (Å²) in [5, 5.41) is 7.98. The lowest BCUT2D eigenvalue weighted by atomic mass is 9.98. The maximum absolute atomic E-state index is 3.44. The summed E-state index contributed by atoms with van der Waals surface area (Å²) in [6.45, 7) is 9.31. The van der Waals surface area contributed by atoms with Crippen molar-refractivity contribution in [2.75, 3.05) is 26.2 Å². The first kappa shape index (κ1) is 13.1. The maximum atomic E-state index is 3.44. The highest BCUT2D eigenvalue weighted by atomic mass is 32.1. The van der Waals surface area contributed by atoms with E-state index in [1.807, 2.05) is 11.3 Å².